The normalized spacial score (nSPS) is 10.4. The third-order valence-corrected chi connectivity index (χ3v) is 2.56. The minimum absolute atomic E-state index is 0.116. The van der Waals surface area contributed by atoms with Crippen LogP contribution in [0.1, 0.15) is 17.9 Å². The zero-order valence-electron chi connectivity index (χ0n) is 9.63. The largest absolute Gasteiger partial charge is 0.481 e. The SMILES string of the molecule is Cc1nc(CCC(=O)O)cn1-c1ccccc1. The molecule has 2 aromatic rings. The van der Waals surface area contributed by atoms with Crippen molar-refractivity contribution < 1.29 is 9.90 Å². The summed E-state index contributed by atoms with van der Waals surface area (Å²) in [6, 6.07) is 9.88. The lowest BCUT2D eigenvalue weighted by Crippen LogP contribution is -1.97. The molecule has 17 heavy (non-hydrogen) atoms. The number of carboxylic acids is 1. The van der Waals surface area contributed by atoms with Crippen LogP contribution in [0.2, 0.25) is 0 Å². The summed E-state index contributed by atoms with van der Waals surface area (Å²) >= 11 is 0. The van der Waals surface area contributed by atoms with Crippen LogP contribution in [0.4, 0.5) is 0 Å². The van der Waals surface area contributed by atoms with Crippen LogP contribution < -0.4 is 0 Å². The van der Waals surface area contributed by atoms with Gasteiger partial charge in [-0.25, -0.2) is 4.98 Å². The maximum Gasteiger partial charge on any atom is 0.303 e. The molecule has 0 atom stereocenters. The number of rotatable bonds is 4. The summed E-state index contributed by atoms with van der Waals surface area (Å²) < 4.78 is 1.97. The zero-order chi connectivity index (χ0) is 12.3. The van der Waals surface area contributed by atoms with Crippen LogP contribution in [-0.2, 0) is 11.2 Å². The van der Waals surface area contributed by atoms with Gasteiger partial charge in [-0.1, -0.05) is 18.2 Å². The molecule has 88 valence electrons. The fourth-order valence-electron chi connectivity index (χ4n) is 1.74. The van der Waals surface area contributed by atoms with Crippen molar-refractivity contribution in [3.8, 4) is 5.69 Å². The number of imidazole rings is 1. The lowest BCUT2D eigenvalue weighted by atomic mass is 10.2. The van der Waals surface area contributed by atoms with E-state index in [1.165, 1.54) is 0 Å². The second-order valence-electron chi connectivity index (χ2n) is 3.88. The highest BCUT2D eigenvalue weighted by atomic mass is 16.4. The first-order chi connectivity index (χ1) is 8.16. The van der Waals surface area contributed by atoms with Crippen LogP contribution in [0.5, 0.6) is 0 Å². The van der Waals surface area contributed by atoms with Gasteiger partial charge in [-0.3, -0.25) is 4.79 Å². The number of para-hydroxylation sites is 1. The Labute approximate surface area is 99.5 Å². The first kappa shape index (κ1) is 11.4. The minimum atomic E-state index is -0.795. The number of hydrogen-bond donors (Lipinski definition) is 1. The van der Waals surface area contributed by atoms with E-state index in [1.807, 2.05) is 48.0 Å². The van der Waals surface area contributed by atoms with E-state index in [1.54, 1.807) is 0 Å². The molecule has 0 spiro atoms. The van der Waals surface area contributed by atoms with E-state index in [0.717, 1.165) is 17.2 Å². The first-order valence-electron chi connectivity index (χ1n) is 5.49. The molecular weight excluding hydrogens is 216 g/mol. The molecule has 0 unspecified atom stereocenters. The molecule has 0 fully saturated rings. The first-order valence-corrected chi connectivity index (χ1v) is 5.49. The number of carboxylic acid groups (broad SMARTS) is 1. The minimum Gasteiger partial charge on any atom is -0.481 e. The lowest BCUT2D eigenvalue weighted by Gasteiger charge is -2.02. The second kappa shape index (κ2) is 4.82. The van der Waals surface area contributed by atoms with Gasteiger partial charge in [0.05, 0.1) is 12.1 Å². The molecule has 0 aliphatic rings. The van der Waals surface area contributed by atoms with Gasteiger partial charge in [-0.15, -0.1) is 0 Å². The Balaban J connectivity index is 2.22. The highest BCUT2D eigenvalue weighted by Gasteiger charge is 2.07. The van der Waals surface area contributed by atoms with Crippen molar-refractivity contribution in [2.24, 2.45) is 0 Å². The maximum absolute atomic E-state index is 10.5. The van der Waals surface area contributed by atoms with Crippen molar-refractivity contribution in [1.82, 2.24) is 9.55 Å². The van der Waals surface area contributed by atoms with Crippen LogP contribution >= 0.6 is 0 Å². The van der Waals surface area contributed by atoms with Gasteiger partial charge >= 0.3 is 5.97 Å². The third kappa shape index (κ3) is 2.72. The van der Waals surface area contributed by atoms with E-state index in [2.05, 4.69) is 4.98 Å². The summed E-state index contributed by atoms with van der Waals surface area (Å²) in [4.78, 5) is 14.9. The lowest BCUT2D eigenvalue weighted by molar-refractivity contribution is -0.136. The summed E-state index contributed by atoms with van der Waals surface area (Å²) in [6.45, 7) is 1.91. The monoisotopic (exact) mass is 230 g/mol. The molecule has 0 aliphatic carbocycles. The number of hydrogen-bond acceptors (Lipinski definition) is 2. The average molecular weight is 230 g/mol. The quantitative estimate of drug-likeness (QED) is 0.876. The molecule has 0 aliphatic heterocycles. The van der Waals surface area contributed by atoms with Gasteiger partial charge in [0.1, 0.15) is 5.82 Å². The molecule has 2 rings (SSSR count). The number of nitrogens with zero attached hydrogens (tertiary/aromatic N) is 2. The van der Waals surface area contributed by atoms with Crippen LogP contribution in [0.25, 0.3) is 5.69 Å². The van der Waals surface area contributed by atoms with Gasteiger partial charge in [-0.05, 0) is 19.1 Å². The highest BCUT2D eigenvalue weighted by Crippen LogP contribution is 2.12. The standard InChI is InChI=1S/C13H14N2O2/c1-10-14-11(7-8-13(16)17)9-15(10)12-5-3-2-4-6-12/h2-6,9H,7-8H2,1H3,(H,16,17). The van der Waals surface area contributed by atoms with Crippen LogP contribution in [0.15, 0.2) is 36.5 Å². The molecule has 4 nitrogen and oxygen atoms in total. The molecule has 0 bridgehead atoms. The Morgan fingerprint density at radius 3 is 2.71 bits per heavy atom. The van der Waals surface area contributed by atoms with Crippen molar-refractivity contribution in [1.29, 1.82) is 0 Å². The van der Waals surface area contributed by atoms with Crippen molar-refractivity contribution in [3.63, 3.8) is 0 Å². The average Bonchev–Trinajstić information content (AvgIpc) is 2.69. The fourth-order valence-corrected chi connectivity index (χ4v) is 1.74. The Morgan fingerprint density at radius 2 is 2.06 bits per heavy atom. The van der Waals surface area contributed by atoms with Crippen molar-refractivity contribution in [2.45, 2.75) is 19.8 Å². The van der Waals surface area contributed by atoms with E-state index in [0.29, 0.717) is 6.42 Å². The van der Waals surface area contributed by atoms with E-state index in [4.69, 9.17) is 5.11 Å². The summed E-state index contributed by atoms with van der Waals surface area (Å²) in [5.74, 6) is 0.0773. The number of benzene rings is 1. The van der Waals surface area contributed by atoms with Crippen LogP contribution in [0, 0.1) is 6.92 Å². The number of carbonyl (C=O) groups is 1. The van der Waals surface area contributed by atoms with E-state index < -0.39 is 5.97 Å². The van der Waals surface area contributed by atoms with Crippen LogP contribution in [0.3, 0.4) is 0 Å². The Bertz CT molecular complexity index is 517. The molecule has 1 aromatic heterocycles. The highest BCUT2D eigenvalue weighted by molar-refractivity contribution is 5.66. The van der Waals surface area contributed by atoms with Crippen molar-refractivity contribution in [2.75, 3.05) is 0 Å². The summed E-state index contributed by atoms with van der Waals surface area (Å²) in [6.07, 6.45) is 2.48. The van der Waals surface area contributed by atoms with Gasteiger partial charge in [0, 0.05) is 18.3 Å². The zero-order valence-corrected chi connectivity index (χ0v) is 9.63. The molecule has 4 heteroatoms. The van der Waals surface area contributed by atoms with Crippen LogP contribution in [-0.4, -0.2) is 20.6 Å². The predicted molar refractivity (Wildman–Crippen MR) is 64.3 cm³/mol. The molecule has 0 amide bonds. The topological polar surface area (TPSA) is 55.1 Å². The number of aryl methyl sites for hydroxylation is 2. The molecule has 1 aromatic carbocycles. The Hall–Kier alpha value is -2.10. The molecule has 1 heterocycles. The van der Waals surface area contributed by atoms with Gasteiger partial charge < -0.3 is 9.67 Å². The van der Waals surface area contributed by atoms with Gasteiger partial charge in [0.2, 0.25) is 0 Å². The van der Waals surface area contributed by atoms with Gasteiger partial charge in [0.25, 0.3) is 0 Å². The summed E-state index contributed by atoms with van der Waals surface area (Å²) in [5.41, 5.74) is 1.85. The predicted octanol–water partition coefficient (Wildman–Crippen LogP) is 2.20. The van der Waals surface area contributed by atoms with E-state index >= 15 is 0 Å². The molecule has 1 N–H and O–H groups in total. The summed E-state index contributed by atoms with van der Waals surface area (Å²) in [5, 5.41) is 8.63. The van der Waals surface area contributed by atoms with Gasteiger partial charge in [0.15, 0.2) is 0 Å². The van der Waals surface area contributed by atoms with Crippen molar-refractivity contribution in [3.05, 3.63) is 48.0 Å². The van der Waals surface area contributed by atoms with Gasteiger partial charge in [-0.2, -0.15) is 0 Å². The Morgan fingerprint density at radius 1 is 1.35 bits per heavy atom. The third-order valence-electron chi connectivity index (χ3n) is 2.56. The Kier molecular flexibility index (Phi) is 3.23. The smallest absolute Gasteiger partial charge is 0.303 e. The maximum atomic E-state index is 10.5. The van der Waals surface area contributed by atoms with E-state index in [9.17, 15) is 4.79 Å². The molecule has 0 saturated heterocycles. The number of aliphatic carboxylic acids is 1. The van der Waals surface area contributed by atoms with Crippen molar-refractivity contribution >= 4 is 5.97 Å². The molecule has 0 saturated carbocycles. The summed E-state index contributed by atoms with van der Waals surface area (Å²) in [7, 11) is 0. The molecular formula is C13H14N2O2. The molecule has 0 radical (unpaired) electrons. The fraction of sp³-hybridized carbons (Fsp3) is 0.231. The van der Waals surface area contributed by atoms with E-state index in [-0.39, 0.29) is 6.42 Å². The number of aromatic nitrogens is 2. The second-order valence-corrected chi connectivity index (χ2v) is 3.88.